The molecule has 26 heavy (non-hydrogen) atoms. The molecule has 2 aromatic carbocycles. The molecule has 0 aliphatic rings. The molecule has 0 aromatic heterocycles. The number of ether oxygens (including phenoxy) is 1. The van der Waals surface area contributed by atoms with Gasteiger partial charge in [-0.2, -0.15) is 0 Å². The topological polar surface area (TPSA) is 56.2 Å². The Hall–Kier alpha value is -2.24. The van der Waals surface area contributed by atoms with Crippen LogP contribution in [-0.4, -0.2) is 55.3 Å². The maximum atomic E-state index is 10.4. The minimum absolute atomic E-state index is 0.104. The highest BCUT2D eigenvalue weighted by molar-refractivity contribution is 5.51. The lowest BCUT2D eigenvalue weighted by atomic mass is 9.90. The van der Waals surface area contributed by atoms with Crippen molar-refractivity contribution in [1.82, 2.24) is 9.80 Å². The van der Waals surface area contributed by atoms with Gasteiger partial charge in [0.05, 0.1) is 7.11 Å². The Morgan fingerprint density at radius 3 is 2.04 bits per heavy atom. The first-order valence-electron chi connectivity index (χ1n) is 8.74. The first kappa shape index (κ1) is 20.1. The Morgan fingerprint density at radius 2 is 1.46 bits per heavy atom. The molecule has 0 spiro atoms. The number of nitrogens with zero attached hydrogens (tertiary/aromatic N) is 2. The molecule has 0 amide bonds. The van der Waals surface area contributed by atoms with Gasteiger partial charge in [-0.3, -0.25) is 0 Å². The normalized spacial score (nSPS) is 12.6. The zero-order valence-corrected chi connectivity index (χ0v) is 16.6. The van der Waals surface area contributed by atoms with Gasteiger partial charge in [0.25, 0.3) is 0 Å². The number of phenolic OH excluding ortho intramolecular Hbond substituents is 2. The average molecular weight is 358 g/mol. The van der Waals surface area contributed by atoms with E-state index in [0.717, 1.165) is 22.3 Å². The van der Waals surface area contributed by atoms with Crippen molar-refractivity contribution in [1.29, 1.82) is 0 Å². The van der Waals surface area contributed by atoms with E-state index in [1.807, 2.05) is 62.3 Å². The largest absolute Gasteiger partial charge is 0.508 e. The number of rotatable bonds is 7. The highest BCUT2D eigenvalue weighted by Gasteiger charge is 2.17. The molecule has 0 aliphatic carbocycles. The molecule has 0 saturated carbocycles. The zero-order chi connectivity index (χ0) is 19.4. The summed E-state index contributed by atoms with van der Waals surface area (Å²) in [5.41, 5.74) is 3.92. The smallest absolute Gasteiger partial charge is 0.162 e. The van der Waals surface area contributed by atoms with Gasteiger partial charge in [-0.05, 0) is 57.5 Å². The fourth-order valence-corrected chi connectivity index (χ4v) is 3.09. The molecule has 0 bridgehead atoms. The Bertz CT molecular complexity index is 757. The first-order valence-corrected chi connectivity index (χ1v) is 8.74. The molecule has 142 valence electrons. The van der Waals surface area contributed by atoms with Crippen LogP contribution in [0.1, 0.15) is 35.1 Å². The van der Waals surface area contributed by atoms with E-state index >= 15 is 0 Å². The van der Waals surface area contributed by atoms with Crippen LogP contribution in [0.15, 0.2) is 30.3 Å². The molecule has 0 fully saturated rings. The lowest BCUT2D eigenvalue weighted by Crippen LogP contribution is -2.12. The minimum Gasteiger partial charge on any atom is -0.508 e. The SMILES string of the molecule is COc1cc(C(C)c2ccc(O)c(CN(C)C)c2)cc(CN(C)C)c1O. The Morgan fingerprint density at radius 1 is 0.885 bits per heavy atom. The molecular formula is C21H30N2O3. The van der Waals surface area contributed by atoms with Crippen molar-refractivity contribution in [3.05, 3.63) is 52.6 Å². The van der Waals surface area contributed by atoms with Crippen LogP contribution in [0.3, 0.4) is 0 Å². The van der Waals surface area contributed by atoms with Gasteiger partial charge >= 0.3 is 0 Å². The van der Waals surface area contributed by atoms with E-state index < -0.39 is 0 Å². The molecule has 0 saturated heterocycles. The van der Waals surface area contributed by atoms with E-state index in [1.54, 1.807) is 13.2 Å². The zero-order valence-electron chi connectivity index (χ0n) is 16.6. The summed E-state index contributed by atoms with van der Waals surface area (Å²) in [6.45, 7) is 3.43. The Kier molecular flexibility index (Phi) is 6.51. The van der Waals surface area contributed by atoms with Crippen molar-refractivity contribution < 1.29 is 14.9 Å². The second-order valence-corrected chi connectivity index (χ2v) is 7.32. The van der Waals surface area contributed by atoms with Crippen LogP contribution >= 0.6 is 0 Å². The van der Waals surface area contributed by atoms with E-state index in [1.165, 1.54) is 0 Å². The number of hydrogen-bond donors (Lipinski definition) is 2. The van der Waals surface area contributed by atoms with Crippen molar-refractivity contribution in [2.24, 2.45) is 0 Å². The molecule has 0 aliphatic heterocycles. The predicted molar refractivity (Wildman–Crippen MR) is 105 cm³/mol. The van der Waals surface area contributed by atoms with E-state index in [-0.39, 0.29) is 11.7 Å². The Balaban J connectivity index is 2.44. The number of hydrogen-bond acceptors (Lipinski definition) is 5. The third-order valence-electron chi connectivity index (χ3n) is 4.47. The van der Waals surface area contributed by atoms with Crippen LogP contribution in [0.4, 0.5) is 0 Å². The fourth-order valence-electron chi connectivity index (χ4n) is 3.09. The Labute approximate surface area is 156 Å². The van der Waals surface area contributed by atoms with Gasteiger partial charge in [0, 0.05) is 30.1 Å². The van der Waals surface area contributed by atoms with E-state index in [2.05, 4.69) is 6.92 Å². The molecule has 2 rings (SSSR count). The summed E-state index contributed by atoms with van der Waals surface area (Å²) in [6.07, 6.45) is 0. The standard InChI is InChI=1S/C21H30N2O3/c1-14(15-7-8-19(24)17(9-15)12-22(2)3)16-10-18(13-23(4)5)21(25)20(11-16)26-6/h7-11,14,24-25H,12-13H2,1-6H3. The summed E-state index contributed by atoms with van der Waals surface area (Å²) in [5.74, 6) is 1.09. The maximum absolute atomic E-state index is 10.4. The number of aromatic hydroxyl groups is 2. The lowest BCUT2D eigenvalue weighted by Gasteiger charge is -2.20. The molecule has 5 heteroatoms. The summed E-state index contributed by atoms with van der Waals surface area (Å²) in [5, 5.41) is 20.5. The van der Waals surface area contributed by atoms with Crippen LogP contribution in [0.25, 0.3) is 0 Å². The highest BCUT2D eigenvalue weighted by atomic mass is 16.5. The first-order chi connectivity index (χ1) is 12.2. The second-order valence-electron chi connectivity index (χ2n) is 7.32. The van der Waals surface area contributed by atoms with E-state index in [0.29, 0.717) is 24.6 Å². The van der Waals surface area contributed by atoms with Crippen molar-refractivity contribution in [2.75, 3.05) is 35.3 Å². The maximum Gasteiger partial charge on any atom is 0.162 e. The lowest BCUT2D eigenvalue weighted by molar-refractivity contribution is 0.354. The molecular weight excluding hydrogens is 328 g/mol. The number of benzene rings is 2. The third-order valence-corrected chi connectivity index (χ3v) is 4.47. The number of phenols is 2. The summed E-state index contributed by atoms with van der Waals surface area (Å²) < 4.78 is 5.37. The van der Waals surface area contributed by atoms with Gasteiger partial charge in [0.15, 0.2) is 11.5 Å². The molecule has 0 radical (unpaired) electrons. The quantitative estimate of drug-likeness (QED) is 0.795. The van der Waals surface area contributed by atoms with Crippen LogP contribution in [0, 0.1) is 0 Å². The summed E-state index contributed by atoms with van der Waals surface area (Å²) in [7, 11) is 9.46. The van der Waals surface area contributed by atoms with E-state index in [4.69, 9.17) is 4.74 Å². The summed E-state index contributed by atoms with van der Waals surface area (Å²) in [6, 6.07) is 9.66. The molecule has 5 nitrogen and oxygen atoms in total. The monoisotopic (exact) mass is 358 g/mol. The van der Waals surface area contributed by atoms with Crippen LogP contribution in [0.2, 0.25) is 0 Å². The molecule has 0 heterocycles. The van der Waals surface area contributed by atoms with Crippen molar-refractivity contribution in [3.63, 3.8) is 0 Å². The van der Waals surface area contributed by atoms with E-state index in [9.17, 15) is 10.2 Å². The van der Waals surface area contributed by atoms with Gasteiger partial charge in [-0.1, -0.05) is 19.1 Å². The van der Waals surface area contributed by atoms with Gasteiger partial charge in [0.1, 0.15) is 5.75 Å². The van der Waals surface area contributed by atoms with Gasteiger partial charge in [0.2, 0.25) is 0 Å². The van der Waals surface area contributed by atoms with Crippen LogP contribution in [-0.2, 0) is 13.1 Å². The molecule has 1 unspecified atom stereocenters. The molecule has 1 atom stereocenters. The predicted octanol–water partition coefficient (Wildman–Crippen LogP) is 3.38. The van der Waals surface area contributed by atoms with Gasteiger partial charge in [-0.25, -0.2) is 0 Å². The van der Waals surface area contributed by atoms with Crippen molar-refractivity contribution in [2.45, 2.75) is 25.9 Å². The third kappa shape index (κ3) is 4.68. The second kappa shape index (κ2) is 8.43. The van der Waals surface area contributed by atoms with Crippen LogP contribution in [0.5, 0.6) is 17.2 Å². The summed E-state index contributed by atoms with van der Waals surface area (Å²) in [4.78, 5) is 4.04. The molecule has 2 N–H and O–H groups in total. The average Bonchev–Trinajstić information content (AvgIpc) is 2.57. The van der Waals surface area contributed by atoms with Gasteiger partial charge in [-0.15, -0.1) is 0 Å². The fraction of sp³-hybridized carbons (Fsp3) is 0.429. The van der Waals surface area contributed by atoms with Crippen molar-refractivity contribution in [3.8, 4) is 17.2 Å². The van der Waals surface area contributed by atoms with Gasteiger partial charge < -0.3 is 24.7 Å². The molecule has 2 aromatic rings. The minimum atomic E-state index is 0.104. The number of methoxy groups -OCH3 is 1. The summed E-state index contributed by atoms with van der Waals surface area (Å²) >= 11 is 0. The van der Waals surface area contributed by atoms with Crippen molar-refractivity contribution >= 4 is 0 Å². The highest BCUT2D eigenvalue weighted by Crippen LogP contribution is 2.37. The van der Waals surface area contributed by atoms with Crippen LogP contribution < -0.4 is 4.74 Å².